The lowest BCUT2D eigenvalue weighted by molar-refractivity contribution is -0.167. The van der Waals surface area contributed by atoms with Crippen LogP contribution in [0.2, 0.25) is 0 Å². The molecule has 6 nitrogen and oxygen atoms in total. The second-order valence-electron chi connectivity index (χ2n) is 19.2. The van der Waals surface area contributed by atoms with Crippen molar-refractivity contribution < 1.29 is 28.6 Å². The second-order valence-corrected chi connectivity index (χ2v) is 19.2. The van der Waals surface area contributed by atoms with E-state index in [0.717, 1.165) is 109 Å². The summed E-state index contributed by atoms with van der Waals surface area (Å²) < 4.78 is 16.8. The van der Waals surface area contributed by atoms with Crippen molar-refractivity contribution in [1.82, 2.24) is 0 Å². The van der Waals surface area contributed by atoms with Crippen molar-refractivity contribution in [2.75, 3.05) is 13.2 Å². The van der Waals surface area contributed by atoms with Gasteiger partial charge in [-0.25, -0.2) is 0 Å². The topological polar surface area (TPSA) is 78.9 Å². The van der Waals surface area contributed by atoms with E-state index in [0.29, 0.717) is 19.3 Å². The van der Waals surface area contributed by atoms with Gasteiger partial charge in [0.25, 0.3) is 0 Å². The van der Waals surface area contributed by atoms with Gasteiger partial charge in [-0.2, -0.15) is 0 Å². The largest absolute Gasteiger partial charge is 0.462 e. The zero-order chi connectivity index (χ0) is 49.3. The molecule has 0 aliphatic carbocycles. The van der Waals surface area contributed by atoms with Crippen LogP contribution in [0.1, 0.15) is 284 Å². The smallest absolute Gasteiger partial charge is 0.306 e. The number of carbonyl (C=O) groups excluding carboxylic acids is 3. The molecule has 0 amide bonds. The second kappa shape index (κ2) is 56.4. The summed E-state index contributed by atoms with van der Waals surface area (Å²) in [4.78, 5) is 38.0. The fourth-order valence-corrected chi connectivity index (χ4v) is 8.10. The van der Waals surface area contributed by atoms with Crippen LogP contribution in [0.25, 0.3) is 0 Å². The molecule has 0 radical (unpaired) electrons. The highest BCUT2D eigenvalue weighted by Crippen LogP contribution is 2.16. The molecule has 1 unspecified atom stereocenters. The van der Waals surface area contributed by atoms with Crippen LogP contribution >= 0.6 is 0 Å². The first kappa shape index (κ1) is 64.8. The van der Waals surface area contributed by atoms with Crippen LogP contribution in [0.3, 0.4) is 0 Å². The molecule has 0 saturated heterocycles. The lowest BCUT2D eigenvalue weighted by Gasteiger charge is -2.18. The maximum absolute atomic E-state index is 12.8. The lowest BCUT2D eigenvalue weighted by atomic mass is 10.0. The number of unbranched alkanes of at least 4 members (excludes halogenated alkanes) is 29. The Morgan fingerprint density at radius 1 is 0.309 bits per heavy atom. The average molecular weight is 950 g/mol. The molecule has 0 saturated carbocycles. The molecule has 68 heavy (non-hydrogen) atoms. The summed E-state index contributed by atoms with van der Waals surface area (Å²) in [6, 6.07) is 0. The minimum absolute atomic E-state index is 0.0783. The minimum atomic E-state index is -0.779. The molecular weight excluding hydrogens is 841 g/mol. The van der Waals surface area contributed by atoms with Gasteiger partial charge in [-0.05, 0) is 83.5 Å². The number of ether oxygens (including phenoxy) is 3. The van der Waals surface area contributed by atoms with Crippen molar-refractivity contribution in [3.05, 3.63) is 72.9 Å². The molecule has 6 heteroatoms. The highest BCUT2D eigenvalue weighted by atomic mass is 16.6. The average Bonchev–Trinajstić information content (AvgIpc) is 3.34. The molecule has 0 aliphatic rings. The van der Waals surface area contributed by atoms with Gasteiger partial charge in [0, 0.05) is 19.3 Å². The Balaban J connectivity index is 4.16. The van der Waals surface area contributed by atoms with Crippen LogP contribution in [-0.2, 0) is 28.6 Å². The minimum Gasteiger partial charge on any atom is -0.462 e. The SMILES string of the molecule is CC/C=C\C/C=C\C/C=C\C/C=C\CCCCCCCCCCCCCCCCC(=O)OCC(COC(=O)CCCCCCCCCCC)OC(=O)CCCCCCC/C=C\C/C=C\CCCC. The van der Waals surface area contributed by atoms with Gasteiger partial charge >= 0.3 is 17.9 Å². The van der Waals surface area contributed by atoms with Gasteiger partial charge in [0.15, 0.2) is 6.10 Å². The quantitative estimate of drug-likeness (QED) is 0.0262. The van der Waals surface area contributed by atoms with Crippen molar-refractivity contribution in [3.63, 3.8) is 0 Å². The predicted octanol–water partition coefficient (Wildman–Crippen LogP) is 19.4. The van der Waals surface area contributed by atoms with E-state index in [1.807, 2.05) is 0 Å². The number of hydrogen-bond donors (Lipinski definition) is 0. The van der Waals surface area contributed by atoms with E-state index < -0.39 is 6.10 Å². The third kappa shape index (κ3) is 53.8. The molecular formula is C62H108O6. The molecule has 0 rings (SSSR count). The van der Waals surface area contributed by atoms with Gasteiger partial charge in [0.2, 0.25) is 0 Å². The Morgan fingerprint density at radius 3 is 0.941 bits per heavy atom. The van der Waals surface area contributed by atoms with Crippen LogP contribution < -0.4 is 0 Å². The molecule has 0 aromatic rings. The van der Waals surface area contributed by atoms with Crippen LogP contribution in [-0.4, -0.2) is 37.2 Å². The summed E-state index contributed by atoms with van der Waals surface area (Å²) >= 11 is 0. The molecule has 0 bridgehead atoms. The summed E-state index contributed by atoms with van der Waals surface area (Å²) in [5, 5.41) is 0. The molecule has 0 aromatic carbocycles. The van der Waals surface area contributed by atoms with E-state index in [2.05, 4.69) is 93.7 Å². The van der Waals surface area contributed by atoms with Gasteiger partial charge in [-0.15, -0.1) is 0 Å². The van der Waals surface area contributed by atoms with Crippen molar-refractivity contribution in [1.29, 1.82) is 0 Å². The van der Waals surface area contributed by atoms with Gasteiger partial charge in [-0.3, -0.25) is 14.4 Å². The number of allylic oxidation sites excluding steroid dienone is 12. The van der Waals surface area contributed by atoms with Crippen molar-refractivity contribution in [2.45, 2.75) is 290 Å². The number of esters is 3. The van der Waals surface area contributed by atoms with E-state index in [9.17, 15) is 14.4 Å². The van der Waals surface area contributed by atoms with Gasteiger partial charge in [0.1, 0.15) is 13.2 Å². The highest BCUT2D eigenvalue weighted by Gasteiger charge is 2.19. The normalized spacial score (nSPS) is 12.6. The lowest BCUT2D eigenvalue weighted by Crippen LogP contribution is -2.30. The fraction of sp³-hybridized carbons (Fsp3) is 0.758. The van der Waals surface area contributed by atoms with Crippen LogP contribution in [0.5, 0.6) is 0 Å². The molecule has 0 aromatic heterocycles. The van der Waals surface area contributed by atoms with E-state index in [4.69, 9.17) is 14.2 Å². The standard InChI is InChI=1S/C62H108O6/c1-4-7-10-13-16-19-21-23-25-26-27-28-29-30-31-32-33-34-35-36-37-39-40-43-46-49-52-55-61(64)67-58-59(57-66-60(63)54-51-48-45-42-18-15-12-9-6-3)68-62(65)56-53-50-47-44-41-38-24-22-20-17-14-11-8-5-2/h7,10,14,16-17,19,22-25,27-28,59H,4-6,8-9,11-13,15,18,20-21,26,29-58H2,1-3H3/b10-7-,17-14-,19-16-,24-22-,25-23-,28-27-. The molecule has 0 N–H and O–H groups in total. The highest BCUT2D eigenvalue weighted by molar-refractivity contribution is 5.71. The number of carbonyl (C=O) groups is 3. The van der Waals surface area contributed by atoms with Crippen LogP contribution in [0.15, 0.2) is 72.9 Å². The third-order valence-electron chi connectivity index (χ3n) is 12.4. The Morgan fingerprint density at radius 2 is 0.588 bits per heavy atom. The van der Waals surface area contributed by atoms with E-state index in [1.54, 1.807) is 0 Å². The van der Waals surface area contributed by atoms with Crippen molar-refractivity contribution in [2.24, 2.45) is 0 Å². The summed E-state index contributed by atoms with van der Waals surface area (Å²) in [6.07, 6.45) is 71.9. The summed E-state index contributed by atoms with van der Waals surface area (Å²) in [5.41, 5.74) is 0. The van der Waals surface area contributed by atoms with E-state index >= 15 is 0 Å². The van der Waals surface area contributed by atoms with E-state index in [-0.39, 0.29) is 31.1 Å². The maximum Gasteiger partial charge on any atom is 0.306 e. The zero-order valence-corrected chi connectivity index (χ0v) is 44.9. The first-order valence-corrected chi connectivity index (χ1v) is 28.9. The fourth-order valence-electron chi connectivity index (χ4n) is 8.10. The van der Waals surface area contributed by atoms with E-state index in [1.165, 1.54) is 135 Å². The summed E-state index contributed by atoms with van der Waals surface area (Å²) in [6.45, 7) is 6.47. The molecule has 1 atom stereocenters. The summed E-state index contributed by atoms with van der Waals surface area (Å²) in [7, 11) is 0. The predicted molar refractivity (Wildman–Crippen MR) is 293 cm³/mol. The Labute approximate surface area is 421 Å². The van der Waals surface area contributed by atoms with Crippen LogP contribution in [0.4, 0.5) is 0 Å². The van der Waals surface area contributed by atoms with Crippen molar-refractivity contribution >= 4 is 17.9 Å². The number of rotatable bonds is 52. The molecule has 0 spiro atoms. The first-order valence-electron chi connectivity index (χ1n) is 28.9. The van der Waals surface area contributed by atoms with Gasteiger partial charge in [-0.1, -0.05) is 254 Å². The Hall–Kier alpha value is -3.15. The Kier molecular flexibility index (Phi) is 53.8. The third-order valence-corrected chi connectivity index (χ3v) is 12.4. The van der Waals surface area contributed by atoms with Gasteiger partial charge in [0.05, 0.1) is 0 Å². The zero-order valence-electron chi connectivity index (χ0n) is 44.9. The van der Waals surface area contributed by atoms with Crippen molar-refractivity contribution in [3.8, 4) is 0 Å². The Bertz CT molecular complexity index is 1270. The van der Waals surface area contributed by atoms with Crippen LogP contribution in [0, 0.1) is 0 Å². The molecule has 0 fully saturated rings. The monoisotopic (exact) mass is 949 g/mol. The molecule has 0 heterocycles. The van der Waals surface area contributed by atoms with Gasteiger partial charge < -0.3 is 14.2 Å². The molecule has 0 aliphatic heterocycles. The summed E-state index contributed by atoms with van der Waals surface area (Å²) in [5.74, 6) is -0.888. The number of hydrogen-bond acceptors (Lipinski definition) is 6. The first-order chi connectivity index (χ1) is 33.5. The maximum atomic E-state index is 12.8. The molecule has 392 valence electrons.